The Labute approximate surface area is 136 Å². The summed E-state index contributed by atoms with van der Waals surface area (Å²) in [5.41, 5.74) is 4.27. The first-order chi connectivity index (χ1) is 11.0. The van der Waals surface area contributed by atoms with Crippen molar-refractivity contribution in [3.8, 4) is 5.69 Å². The van der Waals surface area contributed by atoms with Crippen LogP contribution in [0.3, 0.4) is 0 Å². The van der Waals surface area contributed by atoms with Crippen LogP contribution >= 0.6 is 0 Å². The Morgan fingerprint density at radius 3 is 2.48 bits per heavy atom. The maximum absolute atomic E-state index is 11.3. The molecular weight excluding hydrogens is 290 g/mol. The Morgan fingerprint density at radius 1 is 1.35 bits per heavy atom. The normalized spacial score (nSPS) is 15.8. The van der Waals surface area contributed by atoms with Gasteiger partial charge in [0.2, 0.25) is 0 Å². The lowest BCUT2D eigenvalue weighted by atomic mass is 10.1. The van der Waals surface area contributed by atoms with E-state index in [-0.39, 0.29) is 0 Å². The summed E-state index contributed by atoms with van der Waals surface area (Å²) in [6.07, 6.45) is 2.20. The Hall–Kier alpha value is -2.14. The molecule has 0 aliphatic heterocycles. The molecule has 1 heterocycles. The van der Waals surface area contributed by atoms with Crippen LogP contribution in [0.25, 0.3) is 5.69 Å². The number of aromatic nitrogens is 2. The van der Waals surface area contributed by atoms with Crippen LogP contribution in [0.4, 0.5) is 0 Å². The molecule has 2 aromatic rings. The molecular formula is C18H23N3O2. The lowest BCUT2D eigenvalue weighted by Crippen LogP contribution is -2.39. The smallest absolute Gasteiger partial charge is 0.320 e. The average molecular weight is 313 g/mol. The molecule has 1 unspecified atom stereocenters. The molecule has 23 heavy (non-hydrogen) atoms. The first kappa shape index (κ1) is 15.7. The van der Waals surface area contributed by atoms with Crippen LogP contribution in [0.15, 0.2) is 30.3 Å². The fourth-order valence-electron chi connectivity index (χ4n) is 2.97. The van der Waals surface area contributed by atoms with Crippen LogP contribution < -0.4 is 0 Å². The van der Waals surface area contributed by atoms with Crippen LogP contribution in [0.2, 0.25) is 0 Å². The average Bonchev–Trinajstić information content (AvgIpc) is 3.29. The van der Waals surface area contributed by atoms with Crippen LogP contribution in [-0.2, 0) is 11.3 Å². The van der Waals surface area contributed by atoms with Crippen molar-refractivity contribution in [3.05, 3.63) is 47.3 Å². The van der Waals surface area contributed by atoms with Gasteiger partial charge in [0, 0.05) is 18.3 Å². The van der Waals surface area contributed by atoms with Gasteiger partial charge < -0.3 is 5.11 Å². The van der Waals surface area contributed by atoms with E-state index in [2.05, 4.69) is 28.2 Å². The number of hydrogen-bond donors (Lipinski definition) is 1. The van der Waals surface area contributed by atoms with Gasteiger partial charge in [-0.2, -0.15) is 5.10 Å². The van der Waals surface area contributed by atoms with Crippen LogP contribution in [-0.4, -0.2) is 37.8 Å². The molecule has 1 aromatic carbocycles. The number of hydrogen-bond acceptors (Lipinski definition) is 3. The van der Waals surface area contributed by atoms with Crippen molar-refractivity contribution in [3.63, 3.8) is 0 Å². The molecule has 1 N–H and O–H groups in total. The van der Waals surface area contributed by atoms with E-state index in [9.17, 15) is 9.90 Å². The van der Waals surface area contributed by atoms with E-state index in [1.807, 2.05) is 30.7 Å². The van der Waals surface area contributed by atoms with Gasteiger partial charge in [0.1, 0.15) is 6.04 Å². The predicted octanol–water partition coefficient (Wildman–Crippen LogP) is 2.93. The summed E-state index contributed by atoms with van der Waals surface area (Å²) in [5.74, 6) is -0.754. The molecule has 1 saturated carbocycles. The lowest BCUT2D eigenvalue weighted by molar-refractivity contribution is -0.143. The Bertz CT molecular complexity index is 702. The fourth-order valence-corrected chi connectivity index (χ4v) is 2.97. The summed E-state index contributed by atoms with van der Waals surface area (Å²) in [6.45, 7) is 6.47. The highest BCUT2D eigenvalue weighted by atomic mass is 16.4. The van der Waals surface area contributed by atoms with Gasteiger partial charge in [0.05, 0.1) is 11.4 Å². The number of nitrogens with zero attached hydrogens (tertiary/aromatic N) is 3. The van der Waals surface area contributed by atoms with Gasteiger partial charge in [-0.1, -0.05) is 12.1 Å². The highest BCUT2D eigenvalue weighted by Gasteiger charge is 2.34. The van der Waals surface area contributed by atoms with Gasteiger partial charge in [-0.25, -0.2) is 4.68 Å². The van der Waals surface area contributed by atoms with E-state index < -0.39 is 12.0 Å². The molecule has 0 bridgehead atoms. The number of aryl methyl sites for hydroxylation is 2. The zero-order chi connectivity index (χ0) is 16.6. The number of carbonyl (C=O) groups is 1. The fraction of sp³-hybridized carbons (Fsp3) is 0.444. The molecule has 0 amide bonds. The highest BCUT2D eigenvalue weighted by molar-refractivity contribution is 5.73. The number of benzene rings is 1. The number of aliphatic carboxylic acids is 1. The second kappa shape index (κ2) is 6.16. The summed E-state index contributed by atoms with van der Waals surface area (Å²) in [6, 6.07) is 10.2. The Kier molecular flexibility index (Phi) is 4.22. The first-order valence-corrected chi connectivity index (χ1v) is 8.07. The van der Waals surface area contributed by atoms with Crippen molar-refractivity contribution < 1.29 is 9.90 Å². The van der Waals surface area contributed by atoms with Crippen molar-refractivity contribution in [1.82, 2.24) is 14.7 Å². The number of carboxylic acids is 1. The number of carboxylic acid groups (broad SMARTS) is 1. The van der Waals surface area contributed by atoms with Crippen molar-refractivity contribution in [2.45, 2.75) is 52.2 Å². The van der Waals surface area contributed by atoms with Crippen molar-refractivity contribution >= 4 is 5.97 Å². The third-order valence-electron chi connectivity index (χ3n) is 4.43. The van der Waals surface area contributed by atoms with Gasteiger partial charge in [0.15, 0.2) is 0 Å². The molecule has 5 heteroatoms. The molecule has 0 spiro atoms. The minimum Gasteiger partial charge on any atom is -0.480 e. The maximum atomic E-state index is 11.3. The van der Waals surface area contributed by atoms with E-state index in [1.165, 1.54) is 0 Å². The molecule has 5 nitrogen and oxygen atoms in total. The third-order valence-corrected chi connectivity index (χ3v) is 4.43. The lowest BCUT2D eigenvalue weighted by Gasteiger charge is -2.26. The van der Waals surface area contributed by atoms with Gasteiger partial charge in [-0.05, 0) is 57.4 Å². The molecule has 1 atom stereocenters. The molecule has 1 fully saturated rings. The largest absolute Gasteiger partial charge is 0.480 e. The van der Waals surface area contributed by atoms with Gasteiger partial charge >= 0.3 is 5.97 Å². The molecule has 0 saturated heterocycles. The van der Waals surface area contributed by atoms with Crippen molar-refractivity contribution in [2.75, 3.05) is 0 Å². The summed E-state index contributed by atoms with van der Waals surface area (Å²) in [7, 11) is 0. The summed E-state index contributed by atoms with van der Waals surface area (Å²) >= 11 is 0. The van der Waals surface area contributed by atoms with Crippen LogP contribution in [0.5, 0.6) is 0 Å². The molecule has 1 aliphatic rings. The summed E-state index contributed by atoms with van der Waals surface area (Å²) in [5, 5.41) is 13.8. The minimum absolute atomic E-state index is 0.414. The monoisotopic (exact) mass is 313 g/mol. The van der Waals surface area contributed by atoms with E-state index >= 15 is 0 Å². The minimum atomic E-state index is -0.754. The van der Waals surface area contributed by atoms with Gasteiger partial charge in [0.25, 0.3) is 0 Å². The van der Waals surface area contributed by atoms with E-state index in [0.29, 0.717) is 12.6 Å². The second-order valence-electron chi connectivity index (χ2n) is 6.42. The van der Waals surface area contributed by atoms with Crippen molar-refractivity contribution in [1.29, 1.82) is 0 Å². The topological polar surface area (TPSA) is 58.4 Å². The zero-order valence-electron chi connectivity index (χ0n) is 13.9. The van der Waals surface area contributed by atoms with Crippen LogP contribution in [0, 0.1) is 13.8 Å². The quantitative estimate of drug-likeness (QED) is 0.891. The molecule has 3 rings (SSSR count). The van der Waals surface area contributed by atoms with Gasteiger partial charge in [-0.3, -0.25) is 9.69 Å². The molecule has 1 aromatic heterocycles. The van der Waals surface area contributed by atoms with E-state index in [0.717, 1.165) is 35.5 Å². The number of rotatable bonds is 6. The maximum Gasteiger partial charge on any atom is 0.320 e. The van der Waals surface area contributed by atoms with Crippen molar-refractivity contribution in [2.24, 2.45) is 0 Å². The second-order valence-corrected chi connectivity index (χ2v) is 6.42. The zero-order valence-corrected chi connectivity index (χ0v) is 13.9. The van der Waals surface area contributed by atoms with Crippen LogP contribution in [0.1, 0.15) is 36.7 Å². The molecule has 1 aliphatic carbocycles. The predicted molar refractivity (Wildman–Crippen MR) is 88.7 cm³/mol. The Balaban J connectivity index is 1.76. The Morgan fingerprint density at radius 2 is 2.00 bits per heavy atom. The summed E-state index contributed by atoms with van der Waals surface area (Å²) in [4.78, 5) is 13.4. The SMILES string of the molecule is Cc1cc(C)n(-c2ccc(CN(C3CC3)C(C)C(=O)O)cc2)n1. The highest BCUT2D eigenvalue weighted by Crippen LogP contribution is 2.30. The third kappa shape index (κ3) is 3.45. The van der Waals surface area contributed by atoms with E-state index in [1.54, 1.807) is 6.92 Å². The standard InChI is InChI=1S/C18H23N3O2/c1-12-10-13(2)21(19-12)17-6-4-15(5-7-17)11-20(16-8-9-16)14(3)18(22)23/h4-7,10,14,16H,8-9,11H2,1-3H3,(H,22,23). The van der Waals surface area contributed by atoms with Gasteiger partial charge in [-0.15, -0.1) is 0 Å². The molecule has 0 radical (unpaired) electrons. The first-order valence-electron chi connectivity index (χ1n) is 8.07. The summed E-state index contributed by atoms with van der Waals surface area (Å²) < 4.78 is 1.93. The molecule has 122 valence electrons. The van der Waals surface area contributed by atoms with E-state index in [4.69, 9.17) is 0 Å².